The first-order valence-electron chi connectivity index (χ1n) is 7.22. The zero-order valence-electron chi connectivity index (χ0n) is 11.3. The summed E-state index contributed by atoms with van der Waals surface area (Å²) in [5, 5.41) is 3.11. The van der Waals surface area contributed by atoms with E-state index in [4.69, 9.17) is 11.6 Å². The van der Waals surface area contributed by atoms with Gasteiger partial charge in [0.1, 0.15) is 0 Å². The van der Waals surface area contributed by atoms with Gasteiger partial charge in [-0.1, -0.05) is 56.0 Å². The van der Waals surface area contributed by atoms with Gasteiger partial charge in [-0.3, -0.25) is 4.79 Å². The zero-order valence-corrected chi connectivity index (χ0v) is 12.0. The molecule has 3 heteroatoms. The molecule has 19 heavy (non-hydrogen) atoms. The highest BCUT2D eigenvalue weighted by Gasteiger charge is 2.22. The van der Waals surface area contributed by atoms with Crippen LogP contribution in [0.25, 0.3) is 0 Å². The van der Waals surface area contributed by atoms with Gasteiger partial charge >= 0.3 is 0 Å². The number of rotatable bonds is 4. The number of benzene rings is 1. The molecule has 0 spiro atoms. The fourth-order valence-electron chi connectivity index (χ4n) is 2.73. The van der Waals surface area contributed by atoms with E-state index in [0.29, 0.717) is 5.88 Å². The van der Waals surface area contributed by atoms with Crippen molar-refractivity contribution in [1.29, 1.82) is 0 Å². The van der Waals surface area contributed by atoms with Gasteiger partial charge in [0.2, 0.25) is 5.91 Å². The quantitative estimate of drug-likeness (QED) is 0.654. The first-order chi connectivity index (χ1) is 9.31. The van der Waals surface area contributed by atoms with Crippen LogP contribution in [-0.4, -0.2) is 11.8 Å². The molecule has 1 aliphatic rings. The molecule has 0 heterocycles. The molecule has 0 radical (unpaired) electrons. The third-order valence-electron chi connectivity index (χ3n) is 3.90. The summed E-state index contributed by atoms with van der Waals surface area (Å²) in [5.74, 6) is 0.774. The summed E-state index contributed by atoms with van der Waals surface area (Å²) in [6.07, 6.45) is 6.93. The van der Waals surface area contributed by atoms with Gasteiger partial charge in [-0.05, 0) is 18.4 Å². The molecule has 0 saturated heterocycles. The van der Waals surface area contributed by atoms with E-state index in [1.807, 2.05) is 30.3 Å². The van der Waals surface area contributed by atoms with Gasteiger partial charge in [-0.2, -0.15) is 0 Å². The third kappa shape index (κ3) is 4.24. The summed E-state index contributed by atoms with van der Waals surface area (Å²) < 4.78 is 0. The van der Waals surface area contributed by atoms with Crippen molar-refractivity contribution < 1.29 is 4.79 Å². The minimum absolute atomic E-state index is 0.0707. The molecule has 1 saturated carbocycles. The Bertz CT molecular complexity index is 385. The molecule has 1 unspecified atom stereocenters. The van der Waals surface area contributed by atoms with Crippen LogP contribution in [0.3, 0.4) is 0 Å². The highest BCUT2D eigenvalue weighted by Crippen LogP contribution is 2.24. The summed E-state index contributed by atoms with van der Waals surface area (Å²) in [5.41, 5.74) is 1.08. The summed E-state index contributed by atoms with van der Waals surface area (Å²) in [6.45, 7) is 0. The van der Waals surface area contributed by atoms with Crippen molar-refractivity contribution in [3.05, 3.63) is 35.9 Å². The van der Waals surface area contributed by atoms with Gasteiger partial charge in [-0.25, -0.2) is 0 Å². The molecule has 0 aliphatic heterocycles. The van der Waals surface area contributed by atoms with Crippen molar-refractivity contribution in [2.75, 3.05) is 5.88 Å². The first kappa shape index (κ1) is 14.4. The van der Waals surface area contributed by atoms with Crippen LogP contribution >= 0.6 is 11.6 Å². The Hall–Kier alpha value is -1.02. The van der Waals surface area contributed by atoms with Crippen LogP contribution in [0, 0.1) is 5.92 Å². The van der Waals surface area contributed by atoms with Gasteiger partial charge in [0.05, 0.1) is 6.04 Å². The van der Waals surface area contributed by atoms with Gasteiger partial charge in [0, 0.05) is 11.8 Å². The molecule has 1 aromatic carbocycles. The molecule has 2 nitrogen and oxygen atoms in total. The number of carbonyl (C=O) groups is 1. The van der Waals surface area contributed by atoms with Gasteiger partial charge in [0.25, 0.3) is 0 Å². The number of halogens is 1. The number of nitrogens with one attached hydrogen (secondary N) is 1. The van der Waals surface area contributed by atoms with Crippen LogP contribution in [0.15, 0.2) is 30.3 Å². The van der Waals surface area contributed by atoms with Gasteiger partial charge in [0.15, 0.2) is 0 Å². The van der Waals surface area contributed by atoms with Crippen molar-refractivity contribution >= 4 is 17.5 Å². The summed E-state index contributed by atoms with van der Waals surface area (Å²) >= 11 is 6.00. The lowest BCUT2D eigenvalue weighted by Crippen LogP contribution is -2.34. The number of amides is 1. The fourth-order valence-corrected chi connectivity index (χ4v) is 2.98. The van der Waals surface area contributed by atoms with E-state index in [9.17, 15) is 4.79 Å². The number of carbonyl (C=O) groups excluding carboxylic acids is 1. The molecule has 0 bridgehead atoms. The van der Waals surface area contributed by atoms with Gasteiger partial charge < -0.3 is 5.32 Å². The molecular formula is C16H22ClNO. The maximum atomic E-state index is 12.3. The fraction of sp³-hybridized carbons (Fsp3) is 0.562. The Kier molecular flexibility index (Phi) is 5.71. The van der Waals surface area contributed by atoms with E-state index in [1.54, 1.807) is 0 Å². The zero-order chi connectivity index (χ0) is 13.5. The molecule has 1 fully saturated rings. The Morgan fingerprint density at radius 3 is 2.37 bits per heavy atom. The lowest BCUT2D eigenvalue weighted by atomic mass is 9.98. The van der Waals surface area contributed by atoms with Crippen LogP contribution in [0.5, 0.6) is 0 Å². The average Bonchev–Trinajstić information content (AvgIpc) is 2.74. The minimum Gasteiger partial charge on any atom is -0.348 e. The van der Waals surface area contributed by atoms with E-state index in [2.05, 4.69) is 5.32 Å². The minimum atomic E-state index is -0.0707. The maximum Gasteiger partial charge on any atom is 0.223 e. The molecular weight excluding hydrogens is 258 g/mol. The molecule has 1 atom stereocenters. The molecule has 1 aromatic rings. The van der Waals surface area contributed by atoms with Crippen molar-refractivity contribution in [3.63, 3.8) is 0 Å². The molecule has 1 aliphatic carbocycles. The topological polar surface area (TPSA) is 29.1 Å². The number of hydrogen-bond acceptors (Lipinski definition) is 1. The predicted octanol–water partition coefficient (Wildman–Crippen LogP) is 4.05. The lowest BCUT2D eigenvalue weighted by Gasteiger charge is -2.20. The SMILES string of the molecule is O=C(NC(CCl)c1ccccc1)C1CCCCCC1. The summed E-state index contributed by atoms with van der Waals surface area (Å²) in [6, 6.07) is 9.89. The molecule has 0 aromatic heterocycles. The van der Waals surface area contributed by atoms with Crippen LogP contribution < -0.4 is 5.32 Å². The standard InChI is InChI=1S/C16H22ClNO/c17-12-15(13-8-6-3-7-9-13)18-16(19)14-10-4-1-2-5-11-14/h3,6-9,14-15H,1-2,4-5,10-12H2,(H,18,19). The predicted molar refractivity (Wildman–Crippen MR) is 79.2 cm³/mol. The second kappa shape index (κ2) is 7.54. The summed E-state index contributed by atoms with van der Waals surface area (Å²) in [4.78, 5) is 12.3. The van der Waals surface area contributed by atoms with E-state index < -0.39 is 0 Å². The second-order valence-electron chi connectivity index (χ2n) is 5.31. The average molecular weight is 280 g/mol. The highest BCUT2D eigenvalue weighted by atomic mass is 35.5. The maximum absolute atomic E-state index is 12.3. The van der Waals surface area contributed by atoms with Crippen molar-refractivity contribution in [3.8, 4) is 0 Å². The number of hydrogen-bond donors (Lipinski definition) is 1. The third-order valence-corrected chi connectivity index (χ3v) is 4.21. The second-order valence-corrected chi connectivity index (χ2v) is 5.62. The molecule has 104 valence electrons. The van der Waals surface area contributed by atoms with Crippen LogP contribution in [0.1, 0.15) is 50.1 Å². The van der Waals surface area contributed by atoms with E-state index in [1.165, 1.54) is 25.7 Å². The highest BCUT2D eigenvalue weighted by molar-refractivity contribution is 6.18. The van der Waals surface area contributed by atoms with E-state index in [-0.39, 0.29) is 17.9 Å². The van der Waals surface area contributed by atoms with Crippen molar-refractivity contribution in [1.82, 2.24) is 5.32 Å². The Labute approximate surface area is 120 Å². The van der Waals surface area contributed by atoms with Gasteiger partial charge in [-0.15, -0.1) is 11.6 Å². The molecule has 1 N–H and O–H groups in total. The number of alkyl halides is 1. The van der Waals surface area contributed by atoms with Crippen molar-refractivity contribution in [2.24, 2.45) is 5.92 Å². The van der Waals surface area contributed by atoms with Crippen molar-refractivity contribution in [2.45, 2.75) is 44.6 Å². The monoisotopic (exact) mass is 279 g/mol. The normalized spacial score (nSPS) is 18.6. The summed E-state index contributed by atoms with van der Waals surface area (Å²) in [7, 11) is 0. The largest absolute Gasteiger partial charge is 0.348 e. The smallest absolute Gasteiger partial charge is 0.223 e. The lowest BCUT2D eigenvalue weighted by molar-refractivity contribution is -0.126. The first-order valence-corrected chi connectivity index (χ1v) is 7.76. The Morgan fingerprint density at radius 2 is 1.79 bits per heavy atom. The Balaban J connectivity index is 1.96. The molecule has 1 amide bonds. The van der Waals surface area contributed by atoms with E-state index >= 15 is 0 Å². The Morgan fingerprint density at radius 1 is 1.16 bits per heavy atom. The van der Waals surface area contributed by atoms with Crippen LogP contribution in [0.2, 0.25) is 0 Å². The van der Waals surface area contributed by atoms with Crippen LogP contribution in [-0.2, 0) is 4.79 Å². The van der Waals surface area contributed by atoms with Crippen LogP contribution in [0.4, 0.5) is 0 Å². The molecule has 2 rings (SSSR count). The van der Waals surface area contributed by atoms with E-state index in [0.717, 1.165) is 18.4 Å².